The van der Waals surface area contributed by atoms with Crippen molar-refractivity contribution in [1.82, 2.24) is 9.97 Å². The molecule has 2 aromatic rings. The molecule has 100 valence electrons. The van der Waals surface area contributed by atoms with E-state index in [2.05, 4.69) is 31.2 Å². The molecule has 0 saturated heterocycles. The van der Waals surface area contributed by atoms with Crippen LogP contribution in [0.2, 0.25) is 0 Å². The minimum atomic E-state index is 0.187. The summed E-state index contributed by atoms with van der Waals surface area (Å²) in [5.74, 6) is 0.636. The fourth-order valence-corrected chi connectivity index (χ4v) is 2.18. The fraction of sp³-hybridized carbons (Fsp3) is 0.286. The largest absolute Gasteiger partial charge is 0.354 e. The van der Waals surface area contributed by atoms with Crippen molar-refractivity contribution in [2.24, 2.45) is 5.73 Å². The van der Waals surface area contributed by atoms with E-state index in [1.54, 1.807) is 0 Å². The number of nitrogens with zero attached hydrogens (tertiary/aromatic N) is 2. The maximum absolute atomic E-state index is 5.69. The predicted octanol–water partition coefficient (Wildman–Crippen LogP) is 3.06. The molecule has 19 heavy (non-hydrogen) atoms. The van der Waals surface area contributed by atoms with Gasteiger partial charge in [0.25, 0.3) is 0 Å². The summed E-state index contributed by atoms with van der Waals surface area (Å²) in [5.41, 5.74) is 7.77. The summed E-state index contributed by atoms with van der Waals surface area (Å²) < 4.78 is 1.04. The molecule has 1 heterocycles. The van der Waals surface area contributed by atoms with E-state index in [0.717, 1.165) is 28.6 Å². The highest BCUT2D eigenvalue weighted by Crippen LogP contribution is 2.26. The van der Waals surface area contributed by atoms with Gasteiger partial charge in [0, 0.05) is 35.0 Å². The van der Waals surface area contributed by atoms with Gasteiger partial charge < -0.3 is 11.1 Å². The lowest BCUT2D eigenvalue weighted by Crippen LogP contribution is -2.19. The summed E-state index contributed by atoms with van der Waals surface area (Å²) in [4.78, 5) is 8.62. The van der Waals surface area contributed by atoms with Crippen LogP contribution in [0.5, 0.6) is 0 Å². The third kappa shape index (κ3) is 4.01. The van der Waals surface area contributed by atoms with Gasteiger partial charge in [0.15, 0.2) is 0 Å². The minimum Gasteiger partial charge on any atom is -0.354 e. The number of hydrogen-bond donors (Lipinski definition) is 2. The van der Waals surface area contributed by atoms with Gasteiger partial charge in [-0.3, -0.25) is 0 Å². The summed E-state index contributed by atoms with van der Waals surface area (Å²) in [6.45, 7) is 2.77. The van der Waals surface area contributed by atoms with Crippen LogP contribution in [0.1, 0.15) is 13.3 Å². The molecule has 0 fully saturated rings. The molecule has 1 aromatic carbocycles. The maximum Gasteiger partial charge on any atom is 0.222 e. The van der Waals surface area contributed by atoms with Crippen molar-refractivity contribution in [1.29, 1.82) is 0 Å². The molecule has 2 rings (SSSR count). The number of benzene rings is 1. The zero-order chi connectivity index (χ0) is 13.7. The standard InChI is InChI=1S/C14H17BrN4/c1-10(16)6-7-17-14-18-8-11(9-19-14)12-4-2-3-5-13(12)15/h2-5,8-10H,6-7,16H2,1H3,(H,17,18,19). The molecule has 0 spiro atoms. The third-order valence-corrected chi connectivity index (χ3v) is 3.41. The second-order valence-corrected chi connectivity index (χ2v) is 5.32. The highest BCUT2D eigenvalue weighted by atomic mass is 79.9. The van der Waals surface area contributed by atoms with Crippen LogP contribution in [0.4, 0.5) is 5.95 Å². The van der Waals surface area contributed by atoms with Gasteiger partial charge in [-0.2, -0.15) is 0 Å². The maximum atomic E-state index is 5.69. The first-order chi connectivity index (χ1) is 9.16. The molecule has 0 saturated carbocycles. The van der Waals surface area contributed by atoms with Crippen LogP contribution in [0.3, 0.4) is 0 Å². The molecular weight excluding hydrogens is 304 g/mol. The van der Waals surface area contributed by atoms with Gasteiger partial charge in [0.2, 0.25) is 5.95 Å². The number of anilines is 1. The molecule has 0 radical (unpaired) electrons. The summed E-state index contributed by atoms with van der Waals surface area (Å²) in [6, 6.07) is 8.20. The number of aromatic nitrogens is 2. The van der Waals surface area contributed by atoms with Crippen molar-refractivity contribution in [3.8, 4) is 11.1 Å². The molecule has 5 heteroatoms. The zero-order valence-electron chi connectivity index (χ0n) is 10.8. The Morgan fingerprint density at radius 2 is 1.95 bits per heavy atom. The number of rotatable bonds is 5. The molecule has 1 aromatic heterocycles. The second-order valence-electron chi connectivity index (χ2n) is 4.47. The molecule has 3 N–H and O–H groups in total. The summed E-state index contributed by atoms with van der Waals surface area (Å²) in [5, 5.41) is 3.16. The Hall–Kier alpha value is -1.46. The summed E-state index contributed by atoms with van der Waals surface area (Å²) in [7, 11) is 0. The van der Waals surface area contributed by atoms with Crippen LogP contribution in [-0.2, 0) is 0 Å². The second kappa shape index (κ2) is 6.63. The lowest BCUT2D eigenvalue weighted by atomic mass is 10.1. The topological polar surface area (TPSA) is 63.8 Å². The van der Waals surface area contributed by atoms with E-state index in [-0.39, 0.29) is 6.04 Å². The smallest absolute Gasteiger partial charge is 0.222 e. The lowest BCUT2D eigenvalue weighted by Gasteiger charge is -2.08. The molecule has 4 nitrogen and oxygen atoms in total. The Bertz CT molecular complexity index is 525. The molecule has 0 aliphatic carbocycles. The highest BCUT2D eigenvalue weighted by Gasteiger charge is 2.04. The Morgan fingerprint density at radius 1 is 1.26 bits per heavy atom. The number of hydrogen-bond acceptors (Lipinski definition) is 4. The van der Waals surface area contributed by atoms with Crippen LogP contribution < -0.4 is 11.1 Å². The first-order valence-electron chi connectivity index (χ1n) is 6.23. The highest BCUT2D eigenvalue weighted by molar-refractivity contribution is 9.10. The predicted molar refractivity (Wildman–Crippen MR) is 81.9 cm³/mol. The van der Waals surface area contributed by atoms with Crippen molar-refractivity contribution in [2.75, 3.05) is 11.9 Å². The molecule has 1 unspecified atom stereocenters. The average Bonchev–Trinajstić information content (AvgIpc) is 2.40. The average molecular weight is 321 g/mol. The zero-order valence-corrected chi connectivity index (χ0v) is 12.4. The van der Waals surface area contributed by atoms with Crippen molar-refractivity contribution < 1.29 is 0 Å². The summed E-state index contributed by atoms with van der Waals surface area (Å²) in [6.07, 6.45) is 4.54. The van der Waals surface area contributed by atoms with E-state index in [1.807, 2.05) is 43.6 Å². The van der Waals surface area contributed by atoms with Crippen molar-refractivity contribution in [3.63, 3.8) is 0 Å². The lowest BCUT2D eigenvalue weighted by molar-refractivity contribution is 0.688. The van der Waals surface area contributed by atoms with Crippen LogP contribution in [0.15, 0.2) is 41.1 Å². The normalized spacial score (nSPS) is 12.2. The van der Waals surface area contributed by atoms with Gasteiger partial charge in [-0.05, 0) is 25.0 Å². The monoisotopic (exact) mass is 320 g/mol. The Morgan fingerprint density at radius 3 is 2.58 bits per heavy atom. The molecular formula is C14H17BrN4. The Labute approximate surface area is 121 Å². The van der Waals surface area contributed by atoms with Crippen LogP contribution >= 0.6 is 15.9 Å². The van der Waals surface area contributed by atoms with Crippen LogP contribution in [0.25, 0.3) is 11.1 Å². The van der Waals surface area contributed by atoms with Gasteiger partial charge in [0.1, 0.15) is 0 Å². The SMILES string of the molecule is CC(N)CCNc1ncc(-c2ccccc2Br)cn1. The number of halogens is 1. The van der Waals surface area contributed by atoms with Gasteiger partial charge in [-0.25, -0.2) is 9.97 Å². The van der Waals surface area contributed by atoms with Crippen LogP contribution in [-0.4, -0.2) is 22.6 Å². The fourth-order valence-electron chi connectivity index (χ4n) is 1.67. The van der Waals surface area contributed by atoms with E-state index < -0.39 is 0 Å². The van der Waals surface area contributed by atoms with E-state index >= 15 is 0 Å². The van der Waals surface area contributed by atoms with E-state index in [0.29, 0.717) is 5.95 Å². The minimum absolute atomic E-state index is 0.187. The summed E-state index contributed by atoms with van der Waals surface area (Å²) >= 11 is 3.52. The van der Waals surface area contributed by atoms with E-state index in [1.165, 1.54) is 0 Å². The molecule has 0 amide bonds. The van der Waals surface area contributed by atoms with Crippen LogP contribution in [0, 0.1) is 0 Å². The third-order valence-electron chi connectivity index (χ3n) is 2.72. The first-order valence-corrected chi connectivity index (χ1v) is 7.02. The number of nitrogens with one attached hydrogen (secondary N) is 1. The van der Waals surface area contributed by atoms with E-state index in [4.69, 9.17) is 5.73 Å². The number of nitrogens with two attached hydrogens (primary N) is 1. The van der Waals surface area contributed by atoms with Gasteiger partial charge >= 0.3 is 0 Å². The molecule has 0 bridgehead atoms. The van der Waals surface area contributed by atoms with Crippen molar-refractivity contribution >= 4 is 21.9 Å². The first kappa shape index (κ1) is 14.0. The quantitative estimate of drug-likeness (QED) is 0.888. The van der Waals surface area contributed by atoms with Gasteiger partial charge in [0.05, 0.1) is 0 Å². The Balaban J connectivity index is 2.04. The van der Waals surface area contributed by atoms with Crippen molar-refractivity contribution in [2.45, 2.75) is 19.4 Å². The van der Waals surface area contributed by atoms with Crippen molar-refractivity contribution in [3.05, 3.63) is 41.1 Å². The Kier molecular flexibility index (Phi) is 4.87. The molecule has 0 aliphatic rings. The van der Waals surface area contributed by atoms with E-state index in [9.17, 15) is 0 Å². The van der Waals surface area contributed by atoms with Gasteiger partial charge in [-0.1, -0.05) is 34.1 Å². The molecule has 0 aliphatic heterocycles. The molecule has 1 atom stereocenters. The van der Waals surface area contributed by atoms with Gasteiger partial charge in [-0.15, -0.1) is 0 Å².